The molecule has 18 heavy (non-hydrogen) atoms. The summed E-state index contributed by atoms with van der Waals surface area (Å²) >= 11 is 0. The number of nitriles is 1. The van der Waals surface area contributed by atoms with Gasteiger partial charge in [-0.3, -0.25) is 4.79 Å². The molecule has 0 spiro atoms. The van der Waals surface area contributed by atoms with E-state index in [1.54, 1.807) is 12.1 Å². The molecule has 0 bridgehead atoms. The monoisotopic (exact) mass is 247 g/mol. The number of rotatable bonds is 6. The molecule has 3 N–H and O–H groups in total. The minimum absolute atomic E-state index is 0.150. The summed E-state index contributed by atoms with van der Waals surface area (Å²) in [6.07, 6.45) is 1.23. The number of anilines is 2. The molecule has 0 atom stereocenters. The molecule has 5 heteroatoms. The summed E-state index contributed by atoms with van der Waals surface area (Å²) in [5.41, 5.74) is 7.10. The van der Waals surface area contributed by atoms with E-state index in [2.05, 4.69) is 5.32 Å². The van der Waals surface area contributed by atoms with Gasteiger partial charge in [0.05, 0.1) is 36.0 Å². The summed E-state index contributed by atoms with van der Waals surface area (Å²) in [4.78, 5) is 11.6. The van der Waals surface area contributed by atoms with Gasteiger partial charge in [-0.15, -0.1) is 0 Å². The van der Waals surface area contributed by atoms with Crippen molar-refractivity contribution in [1.82, 2.24) is 0 Å². The number of nitrogen functional groups attached to an aromatic ring is 1. The van der Waals surface area contributed by atoms with Gasteiger partial charge < -0.3 is 15.8 Å². The predicted octanol–water partition coefficient (Wildman–Crippen LogP) is 1.90. The van der Waals surface area contributed by atoms with E-state index in [1.807, 2.05) is 13.0 Å². The molecule has 0 saturated heterocycles. The number of hydrogen-bond donors (Lipinski definition) is 2. The van der Waals surface area contributed by atoms with Gasteiger partial charge in [-0.25, -0.2) is 0 Å². The first kappa shape index (κ1) is 14.0. The summed E-state index contributed by atoms with van der Waals surface area (Å²) in [6.45, 7) is 3.07. The maximum atomic E-state index is 11.6. The van der Waals surface area contributed by atoms with Gasteiger partial charge in [-0.1, -0.05) is 6.92 Å². The van der Waals surface area contributed by atoms with Crippen LogP contribution < -0.4 is 11.1 Å². The topological polar surface area (TPSA) is 88.1 Å². The van der Waals surface area contributed by atoms with Crippen molar-refractivity contribution in [2.75, 3.05) is 24.3 Å². The molecule has 1 aromatic rings. The van der Waals surface area contributed by atoms with Crippen LogP contribution in [-0.2, 0) is 9.53 Å². The summed E-state index contributed by atoms with van der Waals surface area (Å²) < 4.78 is 5.22. The highest BCUT2D eigenvalue weighted by Gasteiger charge is 2.05. The molecular formula is C13H17N3O2. The summed E-state index contributed by atoms with van der Waals surface area (Å²) in [5.74, 6) is -0.150. The third-order valence-electron chi connectivity index (χ3n) is 2.28. The molecule has 0 unspecified atom stereocenters. The molecule has 5 nitrogen and oxygen atoms in total. The number of amides is 1. The average molecular weight is 247 g/mol. The van der Waals surface area contributed by atoms with Gasteiger partial charge in [-0.2, -0.15) is 5.26 Å². The smallest absolute Gasteiger partial charge is 0.226 e. The van der Waals surface area contributed by atoms with Gasteiger partial charge in [0.25, 0.3) is 0 Å². The number of nitrogens with one attached hydrogen (secondary N) is 1. The van der Waals surface area contributed by atoms with Gasteiger partial charge in [0.1, 0.15) is 0 Å². The van der Waals surface area contributed by atoms with Crippen molar-refractivity contribution in [1.29, 1.82) is 5.26 Å². The number of carbonyl (C=O) groups excluding carboxylic acids is 1. The molecule has 0 aliphatic carbocycles. The standard InChI is InChI=1S/C13H17N3O2/c1-2-6-18-7-5-13(17)16-12-4-3-10(9-14)8-11(12)15/h3-4,8H,2,5-7,15H2,1H3,(H,16,17). The van der Waals surface area contributed by atoms with E-state index < -0.39 is 0 Å². The minimum Gasteiger partial charge on any atom is -0.397 e. The van der Waals surface area contributed by atoms with Crippen LogP contribution in [0.3, 0.4) is 0 Å². The summed E-state index contributed by atoms with van der Waals surface area (Å²) in [6, 6.07) is 6.75. The molecule has 1 rings (SSSR count). The summed E-state index contributed by atoms with van der Waals surface area (Å²) in [5, 5.41) is 11.4. The van der Waals surface area contributed by atoms with E-state index in [9.17, 15) is 4.79 Å². The van der Waals surface area contributed by atoms with Crippen molar-refractivity contribution in [3.05, 3.63) is 23.8 Å². The van der Waals surface area contributed by atoms with Gasteiger partial charge in [0, 0.05) is 6.61 Å². The van der Waals surface area contributed by atoms with Gasteiger partial charge in [0.2, 0.25) is 5.91 Å². The van der Waals surface area contributed by atoms with E-state index in [0.29, 0.717) is 36.6 Å². The fraction of sp³-hybridized carbons (Fsp3) is 0.385. The number of carbonyl (C=O) groups is 1. The largest absolute Gasteiger partial charge is 0.397 e. The Kier molecular flexibility index (Phi) is 5.68. The Bertz CT molecular complexity index is 452. The van der Waals surface area contributed by atoms with Crippen LogP contribution in [0.5, 0.6) is 0 Å². The molecule has 0 saturated carbocycles. The normalized spacial score (nSPS) is 9.78. The van der Waals surface area contributed by atoms with E-state index in [4.69, 9.17) is 15.7 Å². The Morgan fingerprint density at radius 3 is 2.89 bits per heavy atom. The highest BCUT2D eigenvalue weighted by Crippen LogP contribution is 2.19. The van der Waals surface area contributed by atoms with Gasteiger partial charge in [-0.05, 0) is 24.6 Å². The lowest BCUT2D eigenvalue weighted by Crippen LogP contribution is -2.15. The number of nitrogens with zero attached hydrogens (tertiary/aromatic N) is 1. The van der Waals surface area contributed by atoms with Crippen molar-refractivity contribution in [2.45, 2.75) is 19.8 Å². The first-order valence-corrected chi connectivity index (χ1v) is 5.84. The van der Waals surface area contributed by atoms with Crippen LogP contribution in [0.15, 0.2) is 18.2 Å². The molecular weight excluding hydrogens is 230 g/mol. The highest BCUT2D eigenvalue weighted by molar-refractivity contribution is 5.94. The second-order valence-corrected chi connectivity index (χ2v) is 3.82. The van der Waals surface area contributed by atoms with E-state index >= 15 is 0 Å². The molecule has 0 aliphatic rings. The van der Waals surface area contributed by atoms with Crippen LogP contribution in [-0.4, -0.2) is 19.1 Å². The SMILES string of the molecule is CCCOCCC(=O)Nc1ccc(C#N)cc1N. The highest BCUT2D eigenvalue weighted by atomic mass is 16.5. The zero-order valence-electron chi connectivity index (χ0n) is 10.4. The van der Waals surface area contributed by atoms with Crippen molar-refractivity contribution in [2.24, 2.45) is 0 Å². The molecule has 0 heterocycles. The minimum atomic E-state index is -0.150. The second-order valence-electron chi connectivity index (χ2n) is 3.82. The summed E-state index contributed by atoms with van der Waals surface area (Å²) in [7, 11) is 0. The molecule has 1 aromatic carbocycles. The molecule has 0 fully saturated rings. The molecule has 0 radical (unpaired) electrons. The third kappa shape index (κ3) is 4.44. The van der Waals surface area contributed by atoms with Gasteiger partial charge in [0.15, 0.2) is 0 Å². The maximum Gasteiger partial charge on any atom is 0.226 e. The average Bonchev–Trinajstić information content (AvgIpc) is 2.37. The molecule has 1 amide bonds. The van der Waals surface area contributed by atoms with E-state index in [-0.39, 0.29) is 5.91 Å². The zero-order valence-corrected chi connectivity index (χ0v) is 10.4. The third-order valence-corrected chi connectivity index (χ3v) is 2.28. The number of benzene rings is 1. The number of nitrogens with two attached hydrogens (primary N) is 1. The molecule has 96 valence electrons. The lowest BCUT2D eigenvalue weighted by atomic mass is 10.2. The Labute approximate surface area is 107 Å². The Hall–Kier alpha value is -2.06. The van der Waals surface area contributed by atoms with Crippen LogP contribution in [0, 0.1) is 11.3 Å². The lowest BCUT2D eigenvalue weighted by molar-refractivity contribution is -0.117. The first-order chi connectivity index (χ1) is 8.67. The Morgan fingerprint density at radius 2 is 2.28 bits per heavy atom. The van der Waals surface area contributed by atoms with Gasteiger partial charge >= 0.3 is 0 Å². The van der Waals surface area contributed by atoms with Crippen LogP contribution in [0.1, 0.15) is 25.3 Å². The quantitative estimate of drug-likeness (QED) is 0.593. The Balaban J connectivity index is 2.47. The number of hydrogen-bond acceptors (Lipinski definition) is 4. The van der Waals surface area contributed by atoms with Crippen molar-refractivity contribution < 1.29 is 9.53 Å². The maximum absolute atomic E-state index is 11.6. The number of ether oxygens (including phenoxy) is 1. The second kappa shape index (κ2) is 7.30. The fourth-order valence-corrected chi connectivity index (χ4v) is 1.37. The van der Waals surface area contributed by atoms with E-state index in [0.717, 1.165) is 6.42 Å². The predicted molar refractivity (Wildman–Crippen MR) is 69.9 cm³/mol. The first-order valence-electron chi connectivity index (χ1n) is 5.84. The molecule has 0 aliphatic heterocycles. The van der Waals surface area contributed by atoms with Crippen LogP contribution >= 0.6 is 0 Å². The fourth-order valence-electron chi connectivity index (χ4n) is 1.37. The Morgan fingerprint density at radius 1 is 1.50 bits per heavy atom. The van der Waals surface area contributed by atoms with Crippen molar-refractivity contribution in [3.8, 4) is 6.07 Å². The van der Waals surface area contributed by atoms with Crippen LogP contribution in [0.25, 0.3) is 0 Å². The molecule has 0 aromatic heterocycles. The van der Waals surface area contributed by atoms with Crippen LogP contribution in [0.2, 0.25) is 0 Å². The van der Waals surface area contributed by atoms with Crippen LogP contribution in [0.4, 0.5) is 11.4 Å². The lowest BCUT2D eigenvalue weighted by Gasteiger charge is -2.08. The van der Waals surface area contributed by atoms with E-state index in [1.165, 1.54) is 6.07 Å². The van der Waals surface area contributed by atoms with Crippen molar-refractivity contribution >= 4 is 17.3 Å². The van der Waals surface area contributed by atoms with Crippen molar-refractivity contribution in [3.63, 3.8) is 0 Å². The zero-order chi connectivity index (χ0) is 13.4.